The van der Waals surface area contributed by atoms with Gasteiger partial charge in [-0.25, -0.2) is 0 Å². The van der Waals surface area contributed by atoms with Crippen molar-refractivity contribution in [2.75, 3.05) is 13.7 Å². The molecule has 0 saturated carbocycles. The van der Waals surface area contributed by atoms with Gasteiger partial charge in [0, 0.05) is 17.2 Å². The van der Waals surface area contributed by atoms with Crippen molar-refractivity contribution in [1.29, 1.82) is 0 Å². The van der Waals surface area contributed by atoms with E-state index in [1.165, 1.54) is 19.2 Å². The molecule has 0 bridgehead atoms. The molecule has 0 fully saturated rings. The van der Waals surface area contributed by atoms with Crippen LogP contribution in [0.1, 0.15) is 44.3 Å². The van der Waals surface area contributed by atoms with Crippen LogP contribution in [0.4, 0.5) is 0 Å². The molecule has 0 amide bonds. The van der Waals surface area contributed by atoms with Crippen LogP contribution in [0.25, 0.3) is 0 Å². The zero-order chi connectivity index (χ0) is 16.7. The Morgan fingerprint density at radius 2 is 1.61 bits per heavy atom. The van der Waals surface area contributed by atoms with Gasteiger partial charge in [0.25, 0.3) is 0 Å². The van der Waals surface area contributed by atoms with Crippen LogP contribution in [0.15, 0.2) is 24.3 Å². The summed E-state index contributed by atoms with van der Waals surface area (Å²) in [4.78, 5) is 25.8. The van der Waals surface area contributed by atoms with E-state index in [-0.39, 0.29) is 39.8 Å². The first-order valence-electron chi connectivity index (χ1n) is 7.25. The van der Waals surface area contributed by atoms with Gasteiger partial charge in [-0.3, -0.25) is 9.59 Å². The first-order chi connectivity index (χ1) is 11.0. The molecule has 0 radical (unpaired) electrons. The van der Waals surface area contributed by atoms with Gasteiger partial charge in [-0.1, -0.05) is 0 Å². The molecule has 23 heavy (non-hydrogen) atoms. The van der Waals surface area contributed by atoms with Crippen LogP contribution in [0, 0.1) is 6.92 Å². The van der Waals surface area contributed by atoms with E-state index < -0.39 is 0 Å². The second kappa shape index (κ2) is 5.43. The molecule has 1 aliphatic carbocycles. The van der Waals surface area contributed by atoms with Crippen LogP contribution in [0.5, 0.6) is 17.2 Å². The molecule has 0 heterocycles. The minimum atomic E-state index is -0.338. The Bertz CT molecular complexity index is 836. The van der Waals surface area contributed by atoms with Crippen LogP contribution in [-0.2, 0) is 0 Å². The molecule has 0 aliphatic heterocycles. The summed E-state index contributed by atoms with van der Waals surface area (Å²) in [6.07, 6.45) is 0. The van der Waals surface area contributed by atoms with Crippen molar-refractivity contribution in [3.63, 3.8) is 0 Å². The van der Waals surface area contributed by atoms with E-state index in [1.807, 2.05) is 13.8 Å². The lowest BCUT2D eigenvalue weighted by Crippen LogP contribution is -2.23. The summed E-state index contributed by atoms with van der Waals surface area (Å²) in [7, 11) is 1.39. The third-order valence-corrected chi connectivity index (χ3v) is 3.80. The fraction of sp³-hybridized carbons (Fsp3) is 0.222. The largest absolute Gasteiger partial charge is 0.508 e. The number of ketones is 2. The molecular weight excluding hydrogens is 296 g/mol. The Kier molecular flexibility index (Phi) is 3.56. The topological polar surface area (TPSA) is 72.8 Å². The SMILES string of the molecule is CCOc1cc(C)cc2c1C(=O)c1c(OC)cc(O)cc1C2=O. The van der Waals surface area contributed by atoms with Gasteiger partial charge in [0.05, 0.1) is 24.8 Å². The fourth-order valence-electron chi connectivity index (χ4n) is 2.88. The van der Waals surface area contributed by atoms with Crippen molar-refractivity contribution in [2.24, 2.45) is 0 Å². The Balaban J connectivity index is 2.33. The number of hydrogen-bond donors (Lipinski definition) is 1. The summed E-state index contributed by atoms with van der Waals surface area (Å²) in [5.74, 6) is -0.222. The molecule has 0 spiro atoms. The number of benzene rings is 2. The van der Waals surface area contributed by atoms with Crippen LogP contribution in [-0.4, -0.2) is 30.4 Å². The smallest absolute Gasteiger partial charge is 0.201 e. The number of aryl methyl sites for hydroxylation is 1. The van der Waals surface area contributed by atoms with Gasteiger partial charge in [-0.05, 0) is 37.6 Å². The lowest BCUT2D eigenvalue weighted by molar-refractivity contribution is 0.0973. The number of phenolic OH excluding ortho intramolecular Hbond substituents is 1. The number of phenols is 1. The van der Waals surface area contributed by atoms with Gasteiger partial charge >= 0.3 is 0 Å². The monoisotopic (exact) mass is 312 g/mol. The molecule has 3 rings (SSSR count). The highest BCUT2D eigenvalue weighted by molar-refractivity contribution is 6.30. The van der Waals surface area contributed by atoms with Crippen LogP contribution in [0.2, 0.25) is 0 Å². The Morgan fingerprint density at radius 1 is 0.957 bits per heavy atom. The highest BCUT2D eigenvalue weighted by Gasteiger charge is 2.35. The number of carbonyl (C=O) groups excluding carboxylic acids is 2. The molecule has 0 aromatic heterocycles. The molecule has 0 atom stereocenters. The molecule has 1 aliphatic rings. The molecule has 0 unspecified atom stereocenters. The fourth-order valence-corrected chi connectivity index (χ4v) is 2.88. The van der Waals surface area contributed by atoms with Crippen molar-refractivity contribution in [3.05, 3.63) is 52.1 Å². The maximum Gasteiger partial charge on any atom is 0.201 e. The number of aromatic hydroxyl groups is 1. The van der Waals surface area contributed by atoms with Crippen LogP contribution in [0.3, 0.4) is 0 Å². The molecule has 0 saturated heterocycles. The third-order valence-electron chi connectivity index (χ3n) is 3.80. The predicted molar refractivity (Wildman–Crippen MR) is 83.9 cm³/mol. The van der Waals surface area contributed by atoms with Gasteiger partial charge in [-0.15, -0.1) is 0 Å². The van der Waals surface area contributed by atoms with Gasteiger partial charge in [0.2, 0.25) is 5.78 Å². The molecule has 118 valence electrons. The van der Waals surface area contributed by atoms with Crippen molar-refractivity contribution < 1.29 is 24.2 Å². The molecule has 5 heteroatoms. The van der Waals surface area contributed by atoms with E-state index in [1.54, 1.807) is 12.1 Å². The van der Waals surface area contributed by atoms with Gasteiger partial charge in [-0.2, -0.15) is 0 Å². The summed E-state index contributed by atoms with van der Waals surface area (Å²) in [5, 5.41) is 9.78. The van der Waals surface area contributed by atoms with E-state index in [0.29, 0.717) is 17.9 Å². The normalized spacial score (nSPS) is 12.7. The first-order valence-corrected chi connectivity index (χ1v) is 7.25. The van der Waals surface area contributed by atoms with E-state index in [0.717, 1.165) is 5.56 Å². The lowest BCUT2D eigenvalue weighted by atomic mass is 9.82. The molecular formula is C18H16O5. The van der Waals surface area contributed by atoms with E-state index >= 15 is 0 Å². The highest BCUT2D eigenvalue weighted by atomic mass is 16.5. The Morgan fingerprint density at radius 3 is 2.26 bits per heavy atom. The summed E-state index contributed by atoms with van der Waals surface area (Å²) < 4.78 is 10.7. The summed E-state index contributed by atoms with van der Waals surface area (Å²) in [6.45, 7) is 4.03. The van der Waals surface area contributed by atoms with E-state index in [2.05, 4.69) is 0 Å². The quantitative estimate of drug-likeness (QED) is 0.805. The van der Waals surface area contributed by atoms with Crippen LogP contribution >= 0.6 is 0 Å². The number of carbonyl (C=O) groups is 2. The van der Waals surface area contributed by atoms with Gasteiger partial charge in [0.1, 0.15) is 17.2 Å². The number of hydrogen-bond acceptors (Lipinski definition) is 5. The van der Waals surface area contributed by atoms with Crippen LogP contribution < -0.4 is 9.47 Å². The first kappa shape index (κ1) is 15.1. The Labute approximate surface area is 133 Å². The summed E-state index contributed by atoms with van der Waals surface area (Å²) >= 11 is 0. The predicted octanol–water partition coefficient (Wildman–Crippen LogP) is 2.88. The van der Waals surface area contributed by atoms with Gasteiger partial charge < -0.3 is 14.6 Å². The van der Waals surface area contributed by atoms with Crippen molar-refractivity contribution in [2.45, 2.75) is 13.8 Å². The summed E-state index contributed by atoms with van der Waals surface area (Å²) in [5.41, 5.74) is 1.67. The number of ether oxygens (including phenoxy) is 2. The molecule has 2 aromatic rings. The Hall–Kier alpha value is -2.82. The van der Waals surface area contributed by atoms with Crippen molar-refractivity contribution >= 4 is 11.6 Å². The second-order valence-electron chi connectivity index (χ2n) is 5.35. The van der Waals surface area contributed by atoms with E-state index in [4.69, 9.17) is 9.47 Å². The maximum atomic E-state index is 13.0. The zero-order valence-corrected chi connectivity index (χ0v) is 13.1. The average molecular weight is 312 g/mol. The average Bonchev–Trinajstić information content (AvgIpc) is 2.51. The maximum absolute atomic E-state index is 13.0. The standard InChI is InChI=1S/C18H16O5/c1-4-23-14-6-9(2)5-11-16(14)18(21)15-12(17(11)20)7-10(19)8-13(15)22-3/h5-8,19H,4H2,1-3H3. The van der Waals surface area contributed by atoms with Gasteiger partial charge in [0.15, 0.2) is 5.78 Å². The van der Waals surface area contributed by atoms with Crippen molar-refractivity contribution in [3.8, 4) is 17.2 Å². The third kappa shape index (κ3) is 2.25. The molecule has 5 nitrogen and oxygen atoms in total. The minimum absolute atomic E-state index is 0.122. The molecule has 2 aromatic carbocycles. The summed E-state index contributed by atoms with van der Waals surface area (Å²) in [6, 6.07) is 6.02. The molecule has 1 N–H and O–H groups in total. The minimum Gasteiger partial charge on any atom is -0.508 e. The lowest BCUT2D eigenvalue weighted by Gasteiger charge is -2.22. The number of rotatable bonds is 3. The number of fused-ring (bicyclic) bond motifs is 2. The number of methoxy groups -OCH3 is 1. The second-order valence-corrected chi connectivity index (χ2v) is 5.35. The highest BCUT2D eigenvalue weighted by Crippen LogP contribution is 2.39. The van der Waals surface area contributed by atoms with E-state index in [9.17, 15) is 14.7 Å². The van der Waals surface area contributed by atoms with Crippen molar-refractivity contribution in [1.82, 2.24) is 0 Å². The zero-order valence-electron chi connectivity index (χ0n) is 13.1.